The van der Waals surface area contributed by atoms with Gasteiger partial charge in [-0.05, 0) is 29.5 Å². The van der Waals surface area contributed by atoms with E-state index in [1.54, 1.807) is 0 Å². The Labute approximate surface area is 81.3 Å². The smallest absolute Gasteiger partial charge is 0.0228 e. The van der Waals surface area contributed by atoms with Crippen LogP contribution in [0.2, 0.25) is 0 Å². The van der Waals surface area contributed by atoms with E-state index in [-0.39, 0.29) is 0 Å². The Morgan fingerprint density at radius 2 is 2.08 bits per heavy atom. The molecule has 0 radical (unpaired) electrons. The summed E-state index contributed by atoms with van der Waals surface area (Å²) in [6, 6.07) is 6.50. The first-order valence-corrected chi connectivity index (χ1v) is 5.06. The molecule has 1 aromatic rings. The Morgan fingerprint density at radius 3 is 2.62 bits per heavy atom. The largest absolute Gasteiger partial charge is 0.0985 e. The van der Waals surface area contributed by atoms with E-state index < -0.39 is 0 Å². The van der Waals surface area contributed by atoms with Gasteiger partial charge in [-0.1, -0.05) is 51.1 Å². The van der Waals surface area contributed by atoms with Crippen molar-refractivity contribution >= 4 is 6.08 Å². The second-order valence-corrected chi connectivity index (χ2v) is 3.29. The van der Waals surface area contributed by atoms with E-state index in [0.29, 0.717) is 0 Å². The van der Waals surface area contributed by atoms with Crippen LogP contribution in [0, 0.1) is 0 Å². The summed E-state index contributed by atoms with van der Waals surface area (Å²) in [6.45, 7) is 8.27. The van der Waals surface area contributed by atoms with Crippen molar-refractivity contribution in [3.63, 3.8) is 0 Å². The molecule has 0 atom stereocenters. The molecule has 0 bridgehead atoms. The molecular weight excluding hydrogens is 156 g/mol. The Hall–Kier alpha value is -1.04. The van der Waals surface area contributed by atoms with Gasteiger partial charge in [0, 0.05) is 0 Å². The van der Waals surface area contributed by atoms with Gasteiger partial charge in [0.1, 0.15) is 0 Å². The molecule has 0 aliphatic heterocycles. The van der Waals surface area contributed by atoms with Crippen molar-refractivity contribution in [2.75, 3.05) is 0 Å². The van der Waals surface area contributed by atoms with Gasteiger partial charge in [-0.2, -0.15) is 0 Å². The van der Waals surface area contributed by atoms with Gasteiger partial charge in [0.05, 0.1) is 0 Å². The van der Waals surface area contributed by atoms with Gasteiger partial charge in [0.15, 0.2) is 0 Å². The van der Waals surface area contributed by atoms with Gasteiger partial charge >= 0.3 is 0 Å². The SMILES string of the molecule is C=Cc1cccc(CCC)c1CC. The van der Waals surface area contributed by atoms with E-state index in [2.05, 4.69) is 38.6 Å². The molecule has 0 saturated heterocycles. The van der Waals surface area contributed by atoms with E-state index in [4.69, 9.17) is 0 Å². The maximum absolute atomic E-state index is 3.84. The zero-order valence-electron chi connectivity index (χ0n) is 8.64. The van der Waals surface area contributed by atoms with E-state index in [0.717, 1.165) is 6.42 Å². The normalized spacial score (nSPS) is 10.0. The Balaban J connectivity index is 3.10. The van der Waals surface area contributed by atoms with Crippen LogP contribution in [0.15, 0.2) is 24.8 Å². The molecule has 1 aromatic carbocycles. The number of hydrogen-bond acceptors (Lipinski definition) is 0. The zero-order valence-corrected chi connectivity index (χ0v) is 8.64. The molecule has 0 nitrogen and oxygen atoms in total. The molecule has 0 unspecified atom stereocenters. The van der Waals surface area contributed by atoms with Crippen molar-refractivity contribution < 1.29 is 0 Å². The highest BCUT2D eigenvalue weighted by atomic mass is 14.1. The van der Waals surface area contributed by atoms with Crippen molar-refractivity contribution in [1.29, 1.82) is 0 Å². The van der Waals surface area contributed by atoms with E-state index >= 15 is 0 Å². The fourth-order valence-corrected chi connectivity index (χ4v) is 1.78. The molecule has 0 saturated carbocycles. The summed E-state index contributed by atoms with van der Waals surface area (Å²) < 4.78 is 0. The first-order chi connectivity index (χ1) is 6.33. The average molecular weight is 174 g/mol. The standard InChI is InChI=1S/C13H18/c1-4-8-12-10-7-9-11(5-2)13(12)6-3/h5,7,9-10H,2,4,6,8H2,1,3H3. The van der Waals surface area contributed by atoms with Crippen LogP contribution in [0.4, 0.5) is 0 Å². The van der Waals surface area contributed by atoms with Crippen LogP contribution >= 0.6 is 0 Å². The monoisotopic (exact) mass is 174 g/mol. The van der Waals surface area contributed by atoms with Crippen LogP contribution < -0.4 is 0 Å². The lowest BCUT2D eigenvalue weighted by Gasteiger charge is -2.09. The number of hydrogen-bond donors (Lipinski definition) is 0. The predicted molar refractivity (Wildman–Crippen MR) is 59.9 cm³/mol. The highest BCUT2D eigenvalue weighted by Crippen LogP contribution is 2.18. The third-order valence-electron chi connectivity index (χ3n) is 2.40. The third kappa shape index (κ3) is 2.21. The minimum Gasteiger partial charge on any atom is -0.0985 e. The van der Waals surface area contributed by atoms with Gasteiger partial charge in [0.25, 0.3) is 0 Å². The maximum atomic E-state index is 3.84. The minimum absolute atomic E-state index is 1.11. The molecule has 0 amide bonds. The first-order valence-electron chi connectivity index (χ1n) is 5.06. The van der Waals surface area contributed by atoms with Crippen molar-refractivity contribution in [3.8, 4) is 0 Å². The van der Waals surface area contributed by atoms with Crippen LogP contribution in [0.5, 0.6) is 0 Å². The second kappa shape index (κ2) is 4.86. The highest BCUT2D eigenvalue weighted by molar-refractivity contribution is 5.54. The predicted octanol–water partition coefficient (Wildman–Crippen LogP) is 3.84. The molecule has 70 valence electrons. The quantitative estimate of drug-likeness (QED) is 0.650. The third-order valence-corrected chi connectivity index (χ3v) is 2.40. The molecule has 13 heavy (non-hydrogen) atoms. The molecule has 0 heterocycles. The summed E-state index contributed by atoms with van der Waals surface area (Å²) in [7, 11) is 0. The van der Waals surface area contributed by atoms with Gasteiger partial charge in [-0.25, -0.2) is 0 Å². The Kier molecular flexibility index (Phi) is 3.75. The summed E-state index contributed by atoms with van der Waals surface area (Å²) in [5.74, 6) is 0. The molecule has 0 N–H and O–H groups in total. The van der Waals surface area contributed by atoms with Crippen LogP contribution in [0.3, 0.4) is 0 Å². The fraction of sp³-hybridized carbons (Fsp3) is 0.385. The van der Waals surface area contributed by atoms with Gasteiger partial charge in [-0.15, -0.1) is 0 Å². The van der Waals surface area contributed by atoms with Crippen molar-refractivity contribution in [2.24, 2.45) is 0 Å². The van der Waals surface area contributed by atoms with E-state index in [9.17, 15) is 0 Å². The van der Waals surface area contributed by atoms with Crippen molar-refractivity contribution in [1.82, 2.24) is 0 Å². The first kappa shape index (κ1) is 10.0. The van der Waals surface area contributed by atoms with Crippen LogP contribution in [-0.2, 0) is 12.8 Å². The van der Waals surface area contributed by atoms with E-state index in [1.165, 1.54) is 29.5 Å². The van der Waals surface area contributed by atoms with Crippen molar-refractivity contribution in [3.05, 3.63) is 41.5 Å². The number of benzene rings is 1. The fourth-order valence-electron chi connectivity index (χ4n) is 1.78. The topological polar surface area (TPSA) is 0 Å². The van der Waals surface area contributed by atoms with E-state index in [1.807, 2.05) is 6.08 Å². The van der Waals surface area contributed by atoms with Crippen LogP contribution in [0.1, 0.15) is 37.0 Å². The Morgan fingerprint density at radius 1 is 1.31 bits per heavy atom. The summed E-state index contributed by atoms with van der Waals surface area (Å²) in [5.41, 5.74) is 4.26. The lowest BCUT2D eigenvalue weighted by molar-refractivity contribution is 0.898. The molecular formula is C13H18. The summed E-state index contributed by atoms with van der Waals surface area (Å²) in [4.78, 5) is 0. The van der Waals surface area contributed by atoms with Gasteiger partial charge < -0.3 is 0 Å². The molecule has 0 aliphatic carbocycles. The summed E-state index contributed by atoms with van der Waals surface area (Å²) in [5, 5.41) is 0. The molecule has 0 heteroatoms. The average Bonchev–Trinajstić information content (AvgIpc) is 2.18. The molecule has 0 spiro atoms. The van der Waals surface area contributed by atoms with Crippen molar-refractivity contribution in [2.45, 2.75) is 33.1 Å². The second-order valence-electron chi connectivity index (χ2n) is 3.29. The maximum Gasteiger partial charge on any atom is -0.0228 e. The molecule has 1 rings (SSSR count). The van der Waals surface area contributed by atoms with Gasteiger partial charge in [-0.3, -0.25) is 0 Å². The zero-order chi connectivity index (χ0) is 9.68. The Bertz CT molecular complexity index is 284. The molecule has 0 aromatic heterocycles. The highest BCUT2D eigenvalue weighted by Gasteiger charge is 2.02. The molecule has 0 aliphatic rings. The molecule has 0 fully saturated rings. The lowest BCUT2D eigenvalue weighted by atomic mass is 9.96. The number of aryl methyl sites for hydroxylation is 1. The minimum atomic E-state index is 1.11. The lowest BCUT2D eigenvalue weighted by Crippen LogP contribution is -1.95. The van der Waals surface area contributed by atoms with Crippen LogP contribution in [-0.4, -0.2) is 0 Å². The van der Waals surface area contributed by atoms with Crippen LogP contribution in [0.25, 0.3) is 6.08 Å². The summed E-state index contributed by atoms with van der Waals surface area (Å²) in [6.07, 6.45) is 5.47. The summed E-state index contributed by atoms with van der Waals surface area (Å²) >= 11 is 0. The van der Waals surface area contributed by atoms with Gasteiger partial charge in [0.2, 0.25) is 0 Å². The number of rotatable bonds is 4.